The van der Waals surface area contributed by atoms with E-state index >= 15 is 0 Å². The van der Waals surface area contributed by atoms with Crippen LogP contribution in [0.2, 0.25) is 0 Å². The van der Waals surface area contributed by atoms with E-state index in [0.29, 0.717) is 11.5 Å². The first kappa shape index (κ1) is 35.2. The maximum absolute atomic E-state index is 10.8. The lowest BCUT2D eigenvalue weighted by Gasteiger charge is -2.26. The average Bonchev–Trinajstić information content (AvgIpc) is 2.99. The maximum atomic E-state index is 10.8. The van der Waals surface area contributed by atoms with Gasteiger partial charge in [0.1, 0.15) is 23.0 Å². The summed E-state index contributed by atoms with van der Waals surface area (Å²) >= 11 is 0. The Morgan fingerprint density at radius 2 is 0.702 bits per heavy atom. The van der Waals surface area contributed by atoms with Crippen molar-refractivity contribution in [2.24, 2.45) is 5.92 Å². The Balaban J connectivity index is 0.000000215. The van der Waals surface area contributed by atoms with Crippen molar-refractivity contribution < 1.29 is 20.4 Å². The first-order chi connectivity index (χ1) is 22.1. The van der Waals surface area contributed by atoms with Gasteiger partial charge in [-0.25, -0.2) is 0 Å². The van der Waals surface area contributed by atoms with Crippen molar-refractivity contribution in [3.63, 3.8) is 0 Å². The number of rotatable bonds is 6. The van der Waals surface area contributed by atoms with Crippen molar-refractivity contribution in [1.29, 1.82) is 0 Å². The van der Waals surface area contributed by atoms with Gasteiger partial charge < -0.3 is 20.4 Å². The molecule has 5 aromatic carbocycles. The quantitative estimate of drug-likeness (QED) is 0.141. The van der Waals surface area contributed by atoms with Crippen LogP contribution >= 0.6 is 0 Å². The molecule has 0 atom stereocenters. The lowest BCUT2D eigenvalue weighted by molar-refractivity contribution is 0.431. The fourth-order valence-corrected chi connectivity index (χ4v) is 6.94. The van der Waals surface area contributed by atoms with Crippen LogP contribution in [0.1, 0.15) is 98.0 Å². The highest BCUT2D eigenvalue weighted by Crippen LogP contribution is 2.44. The van der Waals surface area contributed by atoms with Gasteiger partial charge >= 0.3 is 0 Å². The van der Waals surface area contributed by atoms with Crippen LogP contribution in [0.25, 0.3) is 0 Å². The molecule has 0 saturated heterocycles. The Bertz CT molecular complexity index is 1770. The highest BCUT2D eigenvalue weighted by molar-refractivity contribution is 5.58. The van der Waals surface area contributed by atoms with Gasteiger partial charge in [-0.05, 0) is 89.1 Å². The standard InChI is InChI=1S/C23H24O2.C20H26O2/c1-14-10-16(3)22(24)19(12-14)21(18-8-6-5-7-9-18)20-13-15(2)11-17(4)23(20)25;1-11(2)18(16-9-12(3)7-14(5)19(16)21)17-10-13(4)8-15(6)20(17)22/h5-13,21,24-25H,1-4H3;7-11,18,21-22H,1-6H3. The zero-order valence-electron chi connectivity index (χ0n) is 29.5. The Hall–Kier alpha value is -4.70. The van der Waals surface area contributed by atoms with Gasteiger partial charge in [0.05, 0.1) is 0 Å². The smallest absolute Gasteiger partial charge is 0.122 e. The number of hydrogen-bond donors (Lipinski definition) is 4. The molecule has 0 saturated carbocycles. The minimum absolute atomic E-state index is 0.0304. The van der Waals surface area contributed by atoms with E-state index in [9.17, 15) is 20.4 Å². The first-order valence-corrected chi connectivity index (χ1v) is 16.4. The summed E-state index contributed by atoms with van der Waals surface area (Å²) in [6.45, 7) is 20.0. The third-order valence-electron chi connectivity index (χ3n) is 8.99. The molecule has 0 spiro atoms. The fourth-order valence-electron chi connectivity index (χ4n) is 6.94. The predicted molar refractivity (Wildman–Crippen MR) is 194 cm³/mol. The van der Waals surface area contributed by atoms with Crippen LogP contribution < -0.4 is 0 Å². The number of benzene rings is 5. The highest BCUT2D eigenvalue weighted by atomic mass is 16.3. The minimum Gasteiger partial charge on any atom is -0.507 e. The second-order valence-electron chi connectivity index (χ2n) is 13.6. The molecule has 0 aliphatic carbocycles. The van der Waals surface area contributed by atoms with Crippen LogP contribution in [-0.2, 0) is 0 Å². The molecule has 246 valence electrons. The average molecular weight is 631 g/mol. The number of phenols is 4. The Labute approximate surface area is 281 Å². The van der Waals surface area contributed by atoms with E-state index in [4.69, 9.17) is 0 Å². The second kappa shape index (κ2) is 14.4. The van der Waals surface area contributed by atoms with E-state index in [0.717, 1.165) is 72.3 Å². The second-order valence-corrected chi connectivity index (χ2v) is 13.6. The summed E-state index contributed by atoms with van der Waals surface area (Å²) in [5, 5.41) is 42.6. The number of hydrogen-bond acceptors (Lipinski definition) is 4. The van der Waals surface area contributed by atoms with Crippen molar-refractivity contribution in [2.75, 3.05) is 0 Å². The maximum Gasteiger partial charge on any atom is 0.122 e. The number of aryl methyl sites for hydroxylation is 8. The molecular formula is C43H50O4. The minimum atomic E-state index is -0.224. The van der Waals surface area contributed by atoms with E-state index in [2.05, 4.69) is 13.8 Å². The normalized spacial score (nSPS) is 11.3. The van der Waals surface area contributed by atoms with Crippen LogP contribution in [0.3, 0.4) is 0 Å². The molecule has 0 unspecified atom stereocenters. The Morgan fingerprint density at radius 3 is 1.02 bits per heavy atom. The van der Waals surface area contributed by atoms with Gasteiger partial charge in [-0.2, -0.15) is 0 Å². The van der Waals surface area contributed by atoms with Crippen molar-refractivity contribution >= 4 is 0 Å². The molecule has 0 aliphatic rings. The molecule has 5 rings (SSSR count). The summed E-state index contributed by atoms with van der Waals surface area (Å²) in [5.41, 5.74) is 12.4. The molecule has 0 radical (unpaired) electrons. The topological polar surface area (TPSA) is 80.9 Å². The third-order valence-corrected chi connectivity index (χ3v) is 8.99. The molecule has 0 amide bonds. The van der Waals surface area contributed by atoms with Crippen molar-refractivity contribution in [3.05, 3.63) is 151 Å². The molecule has 4 heteroatoms. The molecule has 0 bridgehead atoms. The van der Waals surface area contributed by atoms with Gasteiger partial charge in [0.15, 0.2) is 0 Å². The molecular weight excluding hydrogens is 580 g/mol. The van der Waals surface area contributed by atoms with Gasteiger partial charge in [0.2, 0.25) is 0 Å². The molecule has 0 aliphatic heterocycles. The first-order valence-electron chi connectivity index (χ1n) is 16.4. The molecule has 0 fully saturated rings. The SMILES string of the molecule is Cc1cc(C)c(O)c(C(c2cc(C)cc(C)c2O)C(C)C)c1.Cc1cc(C)c(O)c(C(c2ccccc2)c2cc(C)cc(C)c2O)c1. The monoisotopic (exact) mass is 630 g/mol. The fraction of sp³-hybridized carbons (Fsp3) is 0.302. The van der Waals surface area contributed by atoms with E-state index in [1.54, 1.807) is 0 Å². The largest absolute Gasteiger partial charge is 0.507 e. The molecule has 47 heavy (non-hydrogen) atoms. The van der Waals surface area contributed by atoms with Gasteiger partial charge in [0, 0.05) is 34.1 Å². The lowest BCUT2D eigenvalue weighted by Crippen LogP contribution is -2.11. The molecule has 0 aromatic heterocycles. The van der Waals surface area contributed by atoms with Crippen LogP contribution in [-0.4, -0.2) is 20.4 Å². The number of phenolic OH excluding ortho intramolecular Hbond substituents is 4. The van der Waals surface area contributed by atoms with E-state index in [1.165, 1.54) is 0 Å². The Kier molecular flexibility index (Phi) is 10.8. The highest BCUT2D eigenvalue weighted by Gasteiger charge is 2.27. The third kappa shape index (κ3) is 7.65. The van der Waals surface area contributed by atoms with E-state index < -0.39 is 0 Å². The lowest BCUT2D eigenvalue weighted by atomic mass is 9.79. The van der Waals surface area contributed by atoms with Gasteiger partial charge in [0.25, 0.3) is 0 Å². The van der Waals surface area contributed by atoms with Crippen LogP contribution in [0, 0.1) is 61.3 Å². The Morgan fingerprint density at radius 1 is 0.404 bits per heavy atom. The molecule has 4 nitrogen and oxygen atoms in total. The van der Waals surface area contributed by atoms with Crippen molar-refractivity contribution in [2.45, 2.75) is 81.1 Å². The van der Waals surface area contributed by atoms with Crippen LogP contribution in [0.4, 0.5) is 0 Å². The summed E-state index contributed by atoms with van der Waals surface area (Å²) in [7, 11) is 0. The molecule has 4 N–H and O–H groups in total. The zero-order valence-corrected chi connectivity index (χ0v) is 29.5. The summed E-state index contributed by atoms with van der Waals surface area (Å²) in [6, 6.07) is 26.0. The summed E-state index contributed by atoms with van der Waals surface area (Å²) < 4.78 is 0. The van der Waals surface area contributed by atoms with Gasteiger partial charge in [-0.3, -0.25) is 0 Å². The summed E-state index contributed by atoms with van der Waals surface area (Å²) in [4.78, 5) is 0. The van der Waals surface area contributed by atoms with E-state index in [1.807, 2.05) is 134 Å². The summed E-state index contributed by atoms with van der Waals surface area (Å²) in [5.74, 6) is 1.26. The van der Waals surface area contributed by atoms with Crippen molar-refractivity contribution in [1.82, 2.24) is 0 Å². The predicted octanol–water partition coefficient (Wildman–Crippen LogP) is 10.6. The van der Waals surface area contributed by atoms with Gasteiger partial charge in [-0.1, -0.05) is 115 Å². The van der Waals surface area contributed by atoms with Crippen LogP contribution in [0.15, 0.2) is 78.9 Å². The molecule has 5 aromatic rings. The van der Waals surface area contributed by atoms with Crippen LogP contribution in [0.5, 0.6) is 23.0 Å². The number of aromatic hydroxyl groups is 4. The summed E-state index contributed by atoms with van der Waals surface area (Å²) in [6.07, 6.45) is 0. The van der Waals surface area contributed by atoms with E-state index in [-0.39, 0.29) is 29.3 Å². The van der Waals surface area contributed by atoms with Gasteiger partial charge in [-0.15, -0.1) is 0 Å². The molecule has 0 heterocycles. The van der Waals surface area contributed by atoms with Crippen molar-refractivity contribution in [3.8, 4) is 23.0 Å². The zero-order chi connectivity index (χ0) is 34.7.